The van der Waals surface area contributed by atoms with E-state index in [-0.39, 0.29) is 51.1 Å². The monoisotopic (exact) mass is 518 g/mol. The van der Waals surface area contributed by atoms with Gasteiger partial charge in [0.15, 0.2) is 0 Å². The van der Waals surface area contributed by atoms with Crippen molar-refractivity contribution in [1.29, 1.82) is 5.26 Å². The molecule has 2 heterocycles. The molecule has 1 aromatic carbocycles. The molecule has 0 aliphatic carbocycles. The molecule has 0 radical (unpaired) electrons. The molecule has 3 N–H and O–H groups in total. The maximum Gasteiger partial charge on any atom is 0.475 e. The van der Waals surface area contributed by atoms with Gasteiger partial charge in [-0.3, -0.25) is 14.5 Å². The predicted molar refractivity (Wildman–Crippen MR) is 132 cm³/mol. The number of carbonyl (C=O) groups excluding carboxylic acids is 2. The molecule has 2 aliphatic rings. The second-order valence-corrected chi connectivity index (χ2v) is 10.1. The van der Waals surface area contributed by atoms with Gasteiger partial charge in [0.2, 0.25) is 5.91 Å². The van der Waals surface area contributed by atoms with Crippen LogP contribution < -0.4 is 5.32 Å². The molecule has 0 aromatic heterocycles. The van der Waals surface area contributed by atoms with Crippen molar-refractivity contribution >= 4 is 18.9 Å². The molecular formula is C25H33BF2N4O5. The number of hydrogen-bond donors (Lipinski definition) is 3. The summed E-state index contributed by atoms with van der Waals surface area (Å²) < 4.78 is 33.0. The maximum atomic E-state index is 13.7. The first-order chi connectivity index (χ1) is 17.4. The van der Waals surface area contributed by atoms with E-state index in [0.717, 1.165) is 5.56 Å². The predicted octanol–water partition coefficient (Wildman–Crippen LogP) is 0.913. The first kappa shape index (κ1) is 28.7. The molecule has 2 fully saturated rings. The van der Waals surface area contributed by atoms with Crippen molar-refractivity contribution in [1.82, 2.24) is 15.1 Å². The summed E-state index contributed by atoms with van der Waals surface area (Å²) in [6.45, 7) is 3.51. The molecule has 9 nitrogen and oxygen atoms in total. The molecule has 0 bridgehead atoms. The van der Waals surface area contributed by atoms with Crippen molar-refractivity contribution in [3.63, 3.8) is 0 Å². The second-order valence-electron chi connectivity index (χ2n) is 10.1. The normalized spacial score (nSPS) is 21.3. The molecule has 200 valence electrons. The van der Waals surface area contributed by atoms with Gasteiger partial charge in [-0.2, -0.15) is 5.26 Å². The number of likely N-dealkylation sites (tertiary alicyclic amines) is 1. The van der Waals surface area contributed by atoms with Gasteiger partial charge in [-0.1, -0.05) is 30.3 Å². The van der Waals surface area contributed by atoms with E-state index in [2.05, 4.69) is 5.32 Å². The van der Waals surface area contributed by atoms with Gasteiger partial charge in [0, 0.05) is 31.6 Å². The van der Waals surface area contributed by atoms with Crippen LogP contribution in [0.4, 0.5) is 8.78 Å². The van der Waals surface area contributed by atoms with E-state index in [1.54, 1.807) is 18.7 Å². The van der Waals surface area contributed by atoms with Crippen LogP contribution in [0.2, 0.25) is 0 Å². The van der Waals surface area contributed by atoms with E-state index in [4.69, 9.17) is 4.74 Å². The van der Waals surface area contributed by atoms with Crippen LogP contribution in [0, 0.1) is 11.3 Å². The third kappa shape index (κ3) is 8.07. The second kappa shape index (κ2) is 12.1. The van der Waals surface area contributed by atoms with Crippen LogP contribution in [0.3, 0.4) is 0 Å². The van der Waals surface area contributed by atoms with Gasteiger partial charge in [-0.15, -0.1) is 0 Å². The average Bonchev–Trinajstić information content (AvgIpc) is 3.23. The van der Waals surface area contributed by atoms with Gasteiger partial charge in [-0.25, -0.2) is 8.78 Å². The van der Waals surface area contributed by atoms with E-state index in [0.29, 0.717) is 0 Å². The fourth-order valence-electron chi connectivity index (χ4n) is 4.58. The van der Waals surface area contributed by atoms with Crippen LogP contribution in [-0.2, 0) is 20.7 Å². The lowest BCUT2D eigenvalue weighted by Crippen LogP contribution is -2.51. The summed E-state index contributed by atoms with van der Waals surface area (Å²) in [6, 6.07) is 11.0. The van der Waals surface area contributed by atoms with Crippen LogP contribution in [0.5, 0.6) is 0 Å². The number of benzene rings is 1. The SMILES string of the molecule is CC(C)(C=C(C#N)C(=O)N1CCO[C@@H](CC(=O)NC(Cc2ccccc2)B(O)O)C1)N1CCC(F)(F)C1. The zero-order chi connectivity index (χ0) is 27.2. The molecule has 2 saturated heterocycles. The molecule has 3 rings (SSSR count). The van der Waals surface area contributed by atoms with Gasteiger partial charge in [0.05, 0.1) is 31.6 Å². The number of nitriles is 1. The molecule has 1 unspecified atom stereocenters. The van der Waals surface area contributed by atoms with E-state index in [1.807, 2.05) is 36.4 Å². The fraction of sp³-hybridized carbons (Fsp3) is 0.560. The lowest BCUT2D eigenvalue weighted by Gasteiger charge is -2.35. The molecule has 37 heavy (non-hydrogen) atoms. The number of alkyl halides is 2. The van der Waals surface area contributed by atoms with Gasteiger partial charge in [0.1, 0.15) is 11.6 Å². The minimum absolute atomic E-state index is 0.0541. The quantitative estimate of drug-likeness (QED) is 0.252. The molecule has 12 heteroatoms. The number of nitrogens with one attached hydrogen (secondary N) is 1. The summed E-state index contributed by atoms with van der Waals surface area (Å²) >= 11 is 0. The third-order valence-corrected chi connectivity index (χ3v) is 6.68. The van der Waals surface area contributed by atoms with E-state index < -0.39 is 49.0 Å². The highest BCUT2D eigenvalue weighted by Gasteiger charge is 2.43. The summed E-state index contributed by atoms with van der Waals surface area (Å²) in [7, 11) is -1.77. The van der Waals surface area contributed by atoms with Gasteiger partial charge in [-0.05, 0) is 31.9 Å². The van der Waals surface area contributed by atoms with Crippen molar-refractivity contribution in [3.05, 3.63) is 47.5 Å². The number of nitrogens with zero attached hydrogens (tertiary/aromatic N) is 3. The molecule has 1 aromatic rings. The lowest BCUT2D eigenvalue weighted by atomic mass is 9.76. The Balaban J connectivity index is 1.59. The number of ether oxygens (including phenoxy) is 1. The Kier molecular flexibility index (Phi) is 9.42. The molecule has 2 amide bonds. The Bertz CT molecular complexity index is 1030. The van der Waals surface area contributed by atoms with Crippen molar-refractivity contribution in [2.45, 2.75) is 56.6 Å². The van der Waals surface area contributed by atoms with Crippen LogP contribution in [0.15, 0.2) is 42.0 Å². The Labute approximate surface area is 215 Å². The minimum atomic E-state index is -2.80. The highest BCUT2D eigenvalue weighted by molar-refractivity contribution is 6.43. The van der Waals surface area contributed by atoms with Crippen LogP contribution in [0.25, 0.3) is 0 Å². The number of amides is 2. The van der Waals surface area contributed by atoms with Gasteiger partial charge < -0.3 is 25.0 Å². The number of rotatable bonds is 9. The van der Waals surface area contributed by atoms with E-state index >= 15 is 0 Å². The summed E-state index contributed by atoms with van der Waals surface area (Å²) in [5.41, 5.74) is -0.259. The number of carbonyl (C=O) groups is 2. The highest BCUT2D eigenvalue weighted by Crippen LogP contribution is 2.33. The van der Waals surface area contributed by atoms with Crippen LogP contribution in [0.1, 0.15) is 32.3 Å². The Morgan fingerprint density at radius 1 is 1.32 bits per heavy atom. The fourth-order valence-corrected chi connectivity index (χ4v) is 4.58. The Morgan fingerprint density at radius 3 is 2.62 bits per heavy atom. The maximum absolute atomic E-state index is 13.7. The molecule has 2 aliphatic heterocycles. The average molecular weight is 518 g/mol. The summed E-state index contributed by atoms with van der Waals surface area (Å²) in [4.78, 5) is 28.7. The lowest BCUT2D eigenvalue weighted by molar-refractivity contribution is -0.138. The van der Waals surface area contributed by atoms with Crippen molar-refractivity contribution < 1.29 is 33.2 Å². The topological polar surface area (TPSA) is 126 Å². The zero-order valence-corrected chi connectivity index (χ0v) is 21.1. The largest absolute Gasteiger partial charge is 0.475 e. The summed E-state index contributed by atoms with van der Waals surface area (Å²) in [5, 5.41) is 31.7. The number of halogens is 2. The Morgan fingerprint density at radius 2 is 2.03 bits per heavy atom. The smallest absolute Gasteiger partial charge is 0.426 e. The minimum Gasteiger partial charge on any atom is -0.426 e. The molecular weight excluding hydrogens is 485 g/mol. The van der Waals surface area contributed by atoms with E-state index in [9.17, 15) is 33.7 Å². The van der Waals surface area contributed by atoms with Gasteiger partial charge >= 0.3 is 7.12 Å². The van der Waals surface area contributed by atoms with Crippen LogP contribution >= 0.6 is 0 Å². The Hall–Kier alpha value is -2.85. The van der Waals surface area contributed by atoms with Crippen molar-refractivity contribution in [3.8, 4) is 6.07 Å². The standard InChI is InChI=1S/C25H33BF2N4O5/c1-24(2,32-9-8-25(27,28)17-32)14-19(15-29)23(34)31-10-11-37-20(16-31)13-22(33)30-21(26(35)36)12-18-6-4-3-5-7-18/h3-7,14,20-21,35-36H,8-13,16-17H2,1-2H3,(H,30,33)/t20-,21?/m0/s1. The zero-order valence-electron chi connectivity index (χ0n) is 21.1. The summed E-state index contributed by atoms with van der Waals surface area (Å²) in [6.07, 6.45) is 0.588. The highest BCUT2D eigenvalue weighted by atomic mass is 19.3. The first-order valence-electron chi connectivity index (χ1n) is 12.3. The summed E-state index contributed by atoms with van der Waals surface area (Å²) in [5.74, 6) is -4.75. The van der Waals surface area contributed by atoms with E-state index in [1.165, 1.54) is 11.0 Å². The molecule has 0 saturated carbocycles. The number of morpholine rings is 1. The van der Waals surface area contributed by atoms with Crippen molar-refractivity contribution in [2.24, 2.45) is 0 Å². The molecule has 2 atom stereocenters. The third-order valence-electron chi connectivity index (χ3n) is 6.68. The first-order valence-corrected chi connectivity index (χ1v) is 12.3. The molecule has 0 spiro atoms. The van der Waals surface area contributed by atoms with Crippen molar-refractivity contribution in [2.75, 3.05) is 32.8 Å². The van der Waals surface area contributed by atoms with Gasteiger partial charge in [0.25, 0.3) is 11.8 Å². The number of hydrogen-bond acceptors (Lipinski definition) is 7. The van der Waals surface area contributed by atoms with Crippen LogP contribution in [-0.4, -0.2) is 95.1 Å².